The Kier molecular flexibility index (Phi) is 4.33. The fourth-order valence-corrected chi connectivity index (χ4v) is 3.82. The van der Waals surface area contributed by atoms with Crippen LogP contribution in [0.4, 0.5) is 0 Å². The van der Waals surface area contributed by atoms with E-state index in [1.807, 2.05) is 13.1 Å². The summed E-state index contributed by atoms with van der Waals surface area (Å²) in [7, 11) is 1.94. The van der Waals surface area contributed by atoms with Crippen molar-refractivity contribution in [3.63, 3.8) is 0 Å². The van der Waals surface area contributed by atoms with Crippen LogP contribution < -0.4 is 5.32 Å². The molecule has 0 radical (unpaired) electrons. The Balaban J connectivity index is 2.55. The first-order valence-electron chi connectivity index (χ1n) is 5.72. The molecule has 18 heavy (non-hydrogen) atoms. The van der Waals surface area contributed by atoms with Gasteiger partial charge in [0, 0.05) is 5.56 Å². The third-order valence-electron chi connectivity index (χ3n) is 3.11. The number of hydrogen-bond donors (Lipinski definition) is 1. The monoisotopic (exact) mass is 299 g/mol. The number of aryl methyl sites for hydroxylation is 2. The van der Waals surface area contributed by atoms with E-state index >= 15 is 0 Å². The molecule has 96 valence electrons. The normalized spacial score (nSPS) is 12.7. The van der Waals surface area contributed by atoms with Gasteiger partial charge in [-0.3, -0.25) is 0 Å². The van der Waals surface area contributed by atoms with Gasteiger partial charge in [-0.15, -0.1) is 11.3 Å². The van der Waals surface area contributed by atoms with Gasteiger partial charge in [-0.25, -0.2) is 0 Å². The van der Waals surface area contributed by atoms with Gasteiger partial charge in [-0.05, 0) is 43.7 Å². The molecule has 0 aliphatic heterocycles. The van der Waals surface area contributed by atoms with Crippen LogP contribution >= 0.6 is 34.5 Å². The zero-order valence-corrected chi connectivity index (χ0v) is 12.9. The Bertz CT molecular complexity index is 543. The molecule has 1 aromatic carbocycles. The first-order chi connectivity index (χ1) is 8.54. The van der Waals surface area contributed by atoms with Crippen LogP contribution in [0, 0.1) is 13.8 Å². The molecule has 0 saturated carbocycles. The van der Waals surface area contributed by atoms with Crippen molar-refractivity contribution in [2.75, 3.05) is 7.05 Å². The lowest BCUT2D eigenvalue weighted by Crippen LogP contribution is -2.19. The van der Waals surface area contributed by atoms with E-state index in [4.69, 9.17) is 23.2 Å². The number of halogens is 2. The van der Waals surface area contributed by atoms with Crippen molar-refractivity contribution >= 4 is 34.5 Å². The second-order valence-corrected chi connectivity index (χ2v) is 6.59. The summed E-state index contributed by atoms with van der Waals surface area (Å²) < 4.78 is 1.48. The highest BCUT2D eigenvalue weighted by molar-refractivity contribution is 7.20. The molecule has 0 aliphatic carbocycles. The Hall–Kier alpha value is -0.540. The maximum atomic E-state index is 6.27. The summed E-state index contributed by atoms with van der Waals surface area (Å²) in [6.45, 7) is 4.24. The molecule has 2 aromatic rings. The Morgan fingerprint density at radius 3 is 2.22 bits per heavy atom. The van der Waals surface area contributed by atoms with Crippen LogP contribution in [0.3, 0.4) is 0 Å². The van der Waals surface area contributed by atoms with Gasteiger partial charge in [-0.1, -0.05) is 41.4 Å². The quantitative estimate of drug-likeness (QED) is 0.843. The maximum absolute atomic E-state index is 6.27. The molecular weight excluding hydrogens is 285 g/mol. The van der Waals surface area contributed by atoms with Crippen molar-refractivity contribution in [2.24, 2.45) is 0 Å². The van der Waals surface area contributed by atoms with Crippen LogP contribution in [-0.4, -0.2) is 7.05 Å². The number of hydrogen-bond acceptors (Lipinski definition) is 2. The van der Waals surface area contributed by atoms with E-state index in [9.17, 15) is 0 Å². The highest BCUT2D eigenvalue weighted by Crippen LogP contribution is 2.38. The molecule has 1 nitrogen and oxygen atoms in total. The molecule has 1 aromatic heterocycles. The SMILES string of the molecule is CNC(c1cc(Cl)sc1Cl)c1c(C)cccc1C. The standard InChI is InChI=1S/C14H15Cl2NS/c1-8-5-4-6-9(2)12(8)13(17-3)10-7-11(15)18-14(10)16/h4-7,13,17H,1-3H3. The van der Waals surface area contributed by atoms with Gasteiger partial charge in [-0.2, -0.15) is 0 Å². The zero-order chi connectivity index (χ0) is 13.3. The molecule has 2 rings (SSSR count). The molecule has 0 bridgehead atoms. The molecule has 0 spiro atoms. The van der Waals surface area contributed by atoms with E-state index in [0.717, 1.165) is 14.2 Å². The van der Waals surface area contributed by atoms with Gasteiger partial charge in [0.2, 0.25) is 0 Å². The molecule has 0 aliphatic rings. The van der Waals surface area contributed by atoms with Gasteiger partial charge in [0.1, 0.15) is 0 Å². The summed E-state index contributed by atoms with van der Waals surface area (Å²) in [5.41, 5.74) is 4.84. The zero-order valence-electron chi connectivity index (χ0n) is 10.6. The molecule has 1 heterocycles. The lowest BCUT2D eigenvalue weighted by Gasteiger charge is -2.21. The molecule has 0 fully saturated rings. The molecule has 1 atom stereocenters. The first-order valence-corrected chi connectivity index (χ1v) is 7.30. The molecule has 1 N–H and O–H groups in total. The van der Waals surface area contributed by atoms with Crippen molar-refractivity contribution in [2.45, 2.75) is 19.9 Å². The van der Waals surface area contributed by atoms with Crippen molar-refractivity contribution in [1.29, 1.82) is 0 Å². The maximum Gasteiger partial charge on any atom is 0.0995 e. The van der Waals surface area contributed by atoms with Crippen molar-refractivity contribution in [3.05, 3.63) is 55.2 Å². The third-order valence-corrected chi connectivity index (χ3v) is 4.63. The van der Waals surface area contributed by atoms with Gasteiger partial charge >= 0.3 is 0 Å². The predicted octanol–water partition coefficient (Wildman–Crippen LogP) is 4.98. The third kappa shape index (κ3) is 2.57. The lowest BCUT2D eigenvalue weighted by molar-refractivity contribution is 0.686. The minimum Gasteiger partial charge on any atom is -0.309 e. The van der Waals surface area contributed by atoms with E-state index in [1.54, 1.807) is 0 Å². The van der Waals surface area contributed by atoms with Gasteiger partial charge in [0.15, 0.2) is 0 Å². The molecule has 1 unspecified atom stereocenters. The summed E-state index contributed by atoms with van der Waals surface area (Å²) in [4.78, 5) is 0. The van der Waals surface area contributed by atoms with Crippen molar-refractivity contribution in [1.82, 2.24) is 5.32 Å². The summed E-state index contributed by atoms with van der Waals surface area (Å²) in [5.74, 6) is 0. The first kappa shape index (κ1) is 13.9. The summed E-state index contributed by atoms with van der Waals surface area (Å²) in [6.07, 6.45) is 0. The Morgan fingerprint density at radius 2 is 1.78 bits per heavy atom. The van der Waals surface area contributed by atoms with Crippen LogP contribution in [-0.2, 0) is 0 Å². The molecular formula is C14H15Cl2NS. The largest absolute Gasteiger partial charge is 0.309 e. The Labute approximate surface area is 122 Å². The van der Waals surface area contributed by atoms with Crippen LogP contribution in [0.5, 0.6) is 0 Å². The average Bonchev–Trinajstić information content (AvgIpc) is 2.63. The molecule has 0 amide bonds. The minimum atomic E-state index is 0.0856. The molecule has 4 heteroatoms. The highest BCUT2D eigenvalue weighted by Gasteiger charge is 2.20. The summed E-state index contributed by atoms with van der Waals surface area (Å²) >= 11 is 13.7. The number of benzene rings is 1. The smallest absolute Gasteiger partial charge is 0.0995 e. The average molecular weight is 300 g/mol. The minimum absolute atomic E-state index is 0.0856. The summed E-state index contributed by atoms with van der Waals surface area (Å²) in [6, 6.07) is 8.34. The van der Waals surface area contributed by atoms with E-state index in [2.05, 4.69) is 37.4 Å². The van der Waals surface area contributed by atoms with Gasteiger partial charge in [0.25, 0.3) is 0 Å². The van der Waals surface area contributed by atoms with Crippen molar-refractivity contribution in [3.8, 4) is 0 Å². The van der Waals surface area contributed by atoms with Crippen LogP contribution in [0.1, 0.15) is 28.3 Å². The summed E-state index contributed by atoms with van der Waals surface area (Å²) in [5, 5.41) is 3.33. The highest BCUT2D eigenvalue weighted by atomic mass is 35.5. The van der Waals surface area contributed by atoms with Gasteiger partial charge in [0.05, 0.1) is 14.7 Å². The van der Waals surface area contributed by atoms with Crippen LogP contribution in [0.2, 0.25) is 8.67 Å². The fraction of sp³-hybridized carbons (Fsp3) is 0.286. The second kappa shape index (κ2) is 5.62. The van der Waals surface area contributed by atoms with E-state index in [0.29, 0.717) is 0 Å². The van der Waals surface area contributed by atoms with E-state index < -0.39 is 0 Å². The van der Waals surface area contributed by atoms with Crippen LogP contribution in [0.15, 0.2) is 24.3 Å². The van der Waals surface area contributed by atoms with Crippen LogP contribution in [0.25, 0.3) is 0 Å². The number of rotatable bonds is 3. The fourth-order valence-electron chi connectivity index (χ4n) is 2.29. The topological polar surface area (TPSA) is 12.0 Å². The molecule has 0 saturated heterocycles. The van der Waals surface area contributed by atoms with Crippen molar-refractivity contribution < 1.29 is 0 Å². The second-order valence-electron chi connectivity index (χ2n) is 4.31. The Morgan fingerprint density at radius 1 is 1.17 bits per heavy atom. The van der Waals surface area contributed by atoms with E-state index in [1.165, 1.54) is 28.0 Å². The predicted molar refractivity (Wildman–Crippen MR) is 81.2 cm³/mol. The van der Waals surface area contributed by atoms with E-state index in [-0.39, 0.29) is 6.04 Å². The number of thiophene rings is 1. The lowest BCUT2D eigenvalue weighted by atomic mass is 9.93. The number of nitrogens with one attached hydrogen (secondary N) is 1. The van der Waals surface area contributed by atoms with Gasteiger partial charge < -0.3 is 5.32 Å².